The van der Waals surface area contributed by atoms with Crippen molar-refractivity contribution in [2.45, 2.75) is 6.54 Å². The van der Waals surface area contributed by atoms with E-state index in [9.17, 15) is 9.90 Å². The first-order valence-corrected chi connectivity index (χ1v) is 6.72. The molecule has 2 N–H and O–H groups in total. The molecule has 1 amide bonds. The lowest BCUT2D eigenvalue weighted by Gasteiger charge is -2.07. The van der Waals surface area contributed by atoms with Crippen molar-refractivity contribution in [3.8, 4) is 5.75 Å². The van der Waals surface area contributed by atoms with Crippen LogP contribution in [0.15, 0.2) is 61.3 Å². The lowest BCUT2D eigenvalue weighted by molar-refractivity contribution is 0.102. The highest BCUT2D eigenvalue weighted by atomic mass is 16.3. The molecule has 110 valence electrons. The van der Waals surface area contributed by atoms with Gasteiger partial charge in [0.2, 0.25) is 0 Å². The van der Waals surface area contributed by atoms with Crippen molar-refractivity contribution in [3.05, 3.63) is 72.4 Å². The Morgan fingerprint density at radius 1 is 1.18 bits per heavy atom. The zero-order chi connectivity index (χ0) is 15.4. The van der Waals surface area contributed by atoms with Crippen LogP contribution in [0.3, 0.4) is 0 Å². The van der Waals surface area contributed by atoms with E-state index in [0.717, 1.165) is 5.56 Å². The molecule has 6 heteroatoms. The minimum Gasteiger partial charge on any atom is -0.504 e. The summed E-state index contributed by atoms with van der Waals surface area (Å²) in [6.45, 7) is 0.697. The first-order valence-electron chi connectivity index (χ1n) is 6.72. The highest BCUT2D eigenvalue weighted by Gasteiger charge is 2.09. The van der Waals surface area contributed by atoms with Gasteiger partial charge >= 0.3 is 0 Å². The molecule has 0 spiro atoms. The molecule has 0 unspecified atom stereocenters. The first kappa shape index (κ1) is 13.8. The standard InChI is InChI=1S/C16H14N4O2/c21-14-2-1-7-18-15(14)19-16(22)13-5-3-12(4-6-13)10-20-9-8-17-11-20/h1-9,11,21H,10H2,(H,18,19,22). The number of nitrogens with zero attached hydrogens (tertiary/aromatic N) is 3. The molecule has 0 aliphatic rings. The zero-order valence-electron chi connectivity index (χ0n) is 11.7. The molecule has 0 atom stereocenters. The number of anilines is 1. The molecule has 1 aromatic carbocycles. The number of carbonyl (C=O) groups excluding carboxylic acids is 1. The largest absolute Gasteiger partial charge is 0.504 e. The van der Waals surface area contributed by atoms with Crippen molar-refractivity contribution in [3.63, 3.8) is 0 Å². The number of amides is 1. The summed E-state index contributed by atoms with van der Waals surface area (Å²) >= 11 is 0. The Morgan fingerprint density at radius 3 is 2.68 bits per heavy atom. The Balaban J connectivity index is 1.70. The third-order valence-electron chi connectivity index (χ3n) is 3.16. The second-order valence-electron chi connectivity index (χ2n) is 4.76. The van der Waals surface area contributed by atoms with Gasteiger partial charge in [-0.1, -0.05) is 12.1 Å². The van der Waals surface area contributed by atoms with Crippen LogP contribution in [0.1, 0.15) is 15.9 Å². The van der Waals surface area contributed by atoms with E-state index in [1.165, 1.54) is 12.3 Å². The Hall–Kier alpha value is -3.15. The van der Waals surface area contributed by atoms with E-state index in [-0.39, 0.29) is 17.5 Å². The predicted molar refractivity (Wildman–Crippen MR) is 81.6 cm³/mol. The molecule has 6 nitrogen and oxygen atoms in total. The second kappa shape index (κ2) is 6.09. The van der Waals surface area contributed by atoms with E-state index < -0.39 is 0 Å². The van der Waals surface area contributed by atoms with Crippen molar-refractivity contribution in [1.29, 1.82) is 0 Å². The summed E-state index contributed by atoms with van der Waals surface area (Å²) in [4.78, 5) is 20.0. The number of aromatic hydroxyl groups is 1. The quantitative estimate of drug-likeness (QED) is 0.773. The Kier molecular flexibility index (Phi) is 3.82. The van der Waals surface area contributed by atoms with Gasteiger partial charge in [0.1, 0.15) is 0 Å². The number of aromatic nitrogens is 3. The van der Waals surface area contributed by atoms with Crippen molar-refractivity contribution >= 4 is 11.7 Å². The molecule has 2 heterocycles. The maximum atomic E-state index is 12.1. The fourth-order valence-corrected chi connectivity index (χ4v) is 2.03. The molecule has 0 saturated carbocycles. The summed E-state index contributed by atoms with van der Waals surface area (Å²) in [5.41, 5.74) is 1.56. The van der Waals surface area contributed by atoms with Crippen LogP contribution in [0.25, 0.3) is 0 Å². The van der Waals surface area contributed by atoms with Crippen LogP contribution < -0.4 is 5.32 Å². The lowest BCUT2D eigenvalue weighted by atomic mass is 10.1. The molecule has 0 radical (unpaired) electrons. The molecule has 0 aliphatic heterocycles. The molecule has 2 aromatic heterocycles. The van der Waals surface area contributed by atoms with Crippen LogP contribution in [-0.2, 0) is 6.54 Å². The Bertz CT molecular complexity index is 767. The monoisotopic (exact) mass is 294 g/mol. The molecule has 0 aliphatic carbocycles. The van der Waals surface area contributed by atoms with Gasteiger partial charge in [-0.3, -0.25) is 4.79 Å². The normalized spacial score (nSPS) is 10.4. The number of hydrogen-bond acceptors (Lipinski definition) is 4. The first-order chi connectivity index (χ1) is 10.7. The van der Waals surface area contributed by atoms with Gasteiger partial charge in [0, 0.05) is 30.7 Å². The fraction of sp³-hybridized carbons (Fsp3) is 0.0625. The fourth-order valence-electron chi connectivity index (χ4n) is 2.03. The third kappa shape index (κ3) is 3.12. The van der Waals surface area contributed by atoms with Gasteiger partial charge in [-0.25, -0.2) is 9.97 Å². The molecule has 3 rings (SSSR count). The third-order valence-corrected chi connectivity index (χ3v) is 3.16. The van der Waals surface area contributed by atoms with Gasteiger partial charge in [-0.15, -0.1) is 0 Å². The predicted octanol–water partition coefficient (Wildman–Crippen LogP) is 2.28. The smallest absolute Gasteiger partial charge is 0.256 e. The van der Waals surface area contributed by atoms with Crippen molar-refractivity contribution in [2.24, 2.45) is 0 Å². The van der Waals surface area contributed by atoms with Crippen molar-refractivity contribution in [2.75, 3.05) is 5.32 Å². The second-order valence-corrected chi connectivity index (χ2v) is 4.76. The molecular formula is C16H14N4O2. The molecule has 0 bridgehead atoms. The summed E-state index contributed by atoms with van der Waals surface area (Å²) in [6, 6.07) is 10.3. The molecule has 0 fully saturated rings. The topological polar surface area (TPSA) is 80.0 Å². The van der Waals surface area contributed by atoms with Crippen LogP contribution in [0, 0.1) is 0 Å². The minimum atomic E-state index is -0.316. The van der Waals surface area contributed by atoms with Gasteiger partial charge in [0.05, 0.1) is 6.33 Å². The molecule has 0 saturated heterocycles. The van der Waals surface area contributed by atoms with E-state index in [2.05, 4.69) is 15.3 Å². The van der Waals surface area contributed by atoms with E-state index in [4.69, 9.17) is 0 Å². The summed E-state index contributed by atoms with van der Waals surface area (Å²) in [6.07, 6.45) is 6.85. The van der Waals surface area contributed by atoms with Gasteiger partial charge in [-0.2, -0.15) is 0 Å². The summed E-state index contributed by atoms with van der Waals surface area (Å²) in [5, 5.41) is 12.2. The highest BCUT2D eigenvalue weighted by molar-refractivity contribution is 6.04. The lowest BCUT2D eigenvalue weighted by Crippen LogP contribution is -2.13. The van der Waals surface area contributed by atoms with Crippen molar-refractivity contribution in [1.82, 2.24) is 14.5 Å². The average molecular weight is 294 g/mol. The van der Waals surface area contributed by atoms with Gasteiger partial charge in [0.25, 0.3) is 5.91 Å². The van der Waals surface area contributed by atoms with Crippen LogP contribution in [0.5, 0.6) is 5.75 Å². The number of carbonyl (C=O) groups is 1. The van der Waals surface area contributed by atoms with Crippen LogP contribution >= 0.6 is 0 Å². The van der Waals surface area contributed by atoms with E-state index in [0.29, 0.717) is 12.1 Å². The van der Waals surface area contributed by atoms with E-state index in [1.807, 2.05) is 22.9 Å². The maximum absolute atomic E-state index is 12.1. The summed E-state index contributed by atoms with van der Waals surface area (Å²) in [7, 11) is 0. The number of pyridine rings is 1. The van der Waals surface area contributed by atoms with Crippen LogP contribution in [0.2, 0.25) is 0 Å². The van der Waals surface area contributed by atoms with Crippen LogP contribution in [0.4, 0.5) is 5.82 Å². The maximum Gasteiger partial charge on any atom is 0.256 e. The minimum absolute atomic E-state index is 0.0624. The highest BCUT2D eigenvalue weighted by Crippen LogP contribution is 2.19. The summed E-state index contributed by atoms with van der Waals surface area (Å²) in [5.74, 6) is -0.231. The Morgan fingerprint density at radius 2 is 2.00 bits per heavy atom. The van der Waals surface area contributed by atoms with Gasteiger partial charge in [-0.05, 0) is 29.8 Å². The summed E-state index contributed by atoms with van der Waals surface area (Å²) < 4.78 is 1.95. The number of nitrogens with one attached hydrogen (secondary N) is 1. The van der Waals surface area contributed by atoms with Gasteiger partial charge < -0.3 is 15.0 Å². The number of imidazole rings is 1. The molecule has 22 heavy (non-hydrogen) atoms. The van der Waals surface area contributed by atoms with Crippen molar-refractivity contribution < 1.29 is 9.90 Å². The zero-order valence-corrected chi connectivity index (χ0v) is 11.7. The molecular weight excluding hydrogens is 280 g/mol. The van der Waals surface area contributed by atoms with E-state index in [1.54, 1.807) is 30.7 Å². The van der Waals surface area contributed by atoms with Gasteiger partial charge in [0.15, 0.2) is 11.6 Å². The number of hydrogen-bond donors (Lipinski definition) is 2. The van der Waals surface area contributed by atoms with Crippen LogP contribution in [-0.4, -0.2) is 25.5 Å². The molecule has 3 aromatic rings. The van der Waals surface area contributed by atoms with E-state index >= 15 is 0 Å². The SMILES string of the molecule is O=C(Nc1ncccc1O)c1ccc(Cn2ccnc2)cc1. The Labute approximate surface area is 127 Å². The number of benzene rings is 1. The average Bonchev–Trinajstić information content (AvgIpc) is 3.03. The number of rotatable bonds is 4.